The molecule has 0 aromatic carbocycles. The Morgan fingerprint density at radius 2 is 2.06 bits per heavy atom. The lowest BCUT2D eigenvalue weighted by Gasteiger charge is -2.26. The molecule has 1 aromatic heterocycles. The molecule has 1 aromatic rings. The Bertz CT molecular complexity index is 369. The van der Waals surface area contributed by atoms with Gasteiger partial charge in [0, 0.05) is 9.75 Å². The van der Waals surface area contributed by atoms with E-state index in [9.17, 15) is 5.11 Å². The molecule has 0 bridgehead atoms. The first-order valence-corrected chi connectivity index (χ1v) is 7.62. The minimum absolute atomic E-state index is 0.539. The number of hydrogen-bond acceptors (Lipinski definition) is 2. The van der Waals surface area contributed by atoms with E-state index in [2.05, 4.69) is 32.9 Å². The topological polar surface area (TPSA) is 20.2 Å². The molecule has 2 unspecified atom stereocenters. The molecule has 17 heavy (non-hydrogen) atoms. The van der Waals surface area contributed by atoms with Crippen LogP contribution in [0.25, 0.3) is 0 Å². The second-order valence-corrected chi connectivity index (χ2v) is 7.16. The maximum absolute atomic E-state index is 10.8. The van der Waals surface area contributed by atoms with E-state index in [-0.39, 0.29) is 0 Å². The third-order valence-corrected chi connectivity index (χ3v) is 5.43. The summed E-state index contributed by atoms with van der Waals surface area (Å²) in [4.78, 5) is 2.48. The average Bonchev–Trinajstić information content (AvgIpc) is 2.59. The van der Waals surface area contributed by atoms with Crippen molar-refractivity contribution in [3.63, 3.8) is 0 Å². The third-order valence-electron chi connectivity index (χ3n) is 4.24. The van der Waals surface area contributed by atoms with Gasteiger partial charge in [-0.2, -0.15) is 0 Å². The molecule has 0 saturated heterocycles. The van der Waals surface area contributed by atoms with E-state index in [0.717, 1.165) is 31.1 Å². The molecule has 96 valence electrons. The van der Waals surface area contributed by atoms with Crippen molar-refractivity contribution in [3.05, 3.63) is 21.9 Å². The summed E-state index contributed by atoms with van der Waals surface area (Å²) < 4.78 is 0. The molecular formula is C15H24OS. The number of rotatable bonds is 2. The van der Waals surface area contributed by atoms with Crippen LogP contribution >= 0.6 is 11.3 Å². The monoisotopic (exact) mass is 252 g/mol. The van der Waals surface area contributed by atoms with E-state index in [4.69, 9.17) is 0 Å². The van der Waals surface area contributed by atoms with Gasteiger partial charge in [-0.05, 0) is 56.6 Å². The van der Waals surface area contributed by atoms with Crippen LogP contribution in [0.2, 0.25) is 0 Å². The van der Waals surface area contributed by atoms with Gasteiger partial charge in [-0.1, -0.05) is 20.3 Å². The lowest BCUT2D eigenvalue weighted by atomic mass is 9.87. The smallest absolute Gasteiger partial charge is 0.0988 e. The maximum atomic E-state index is 10.8. The zero-order valence-corrected chi connectivity index (χ0v) is 12.0. The summed E-state index contributed by atoms with van der Waals surface area (Å²) in [6.07, 6.45) is 5.50. The second-order valence-electron chi connectivity index (χ2n) is 5.88. The molecule has 0 radical (unpaired) electrons. The first kappa shape index (κ1) is 13.1. The number of hydrogen-bond donors (Lipinski definition) is 1. The lowest BCUT2D eigenvalue weighted by molar-refractivity contribution is 0.0227. The molecule has 2 atom stereocenters. The van der Waals surface area contributed by atoms with Crippen molar-refractivity contribution >= 4 is 11.3 Å². The van der Waals surface area contributed by atoms with Crippen molar-refractivity contribution in [2.24, 2.45) is 11.8 Å². The lowest BCUT2D eigenvalue weighted by Crippen LogP contribution is -2.23. The highest BCUT2D eigenvalue weighted by Crippen LogP contribution is 2.41. The number of aryl methyl sites for hydroxylation is 1. The van der Waals surface area contributed by atoms with Crippen LogP contribution < -0.4 is 0 Å². The van der Waals surface area contributed by atoms with Crippen molar-refractivity contribution in [2.75, 3.05) is 0 Å². The summed E-state index contributed by atoms with van der Waals surface area (Å²) in [7, 11) is 0. The van der Waals surface area contributed by atoms with Gasteiger partial charge in [-0.15, -0.1) is 11.3 Å². The first-order chi connectivity index (χ1) is 8.01. The summed E-state index contributed by atoms with van der Waals surface area (Å²) in [6.45, 7) is 6.74. The standard InChI is InChI=1S/C15H24OS/c1-11(2)13-5-4-9-15(16,10-8-13)14-7-6-12(3)17-14/h6-7,11,13,16H,4-5,8-10H2,1-3H3. The second kappa shape index (κ2) is 5.11. The van der Waals surface area contributed by atoms with E-state index in [0.29, 0.717) is 0 Å². The van der Waals surface area contributed by atoms with Crippen LogP contribution in [0, 0.1) is 18.8 Å². The molecule has 1 N–H and O–H groups in total. The van der Waals surface area contributed by atoms with Gasteiger partial charge < -0.3 is 5.11 Å². The normalized spacial score (nSPS) is 30.5. The third kappa shape index (κ3) is 2.92. The van der Waals surface area contributed by atoms with E-state index in [1.165, 1.54) is 22.6 Å². The molecule has 1 heterocycles. The SMILES string of the molecule is Cc1ccc(C2(O)CCCC(C(C)C)CC2)s1. The Kier molecular flexibility index (Phi) is 3.94. The van der Waals surface area contributed by atoms with Crippen molar-refractivity contribution in [2.45, 2.75) is 58.5 Å². The fraction of sp³-hybridized carbons (Fsp3) is 0.733. The zero-order valence-electron chi connectivity index (χ0n) is 11.2. The van der Waals surface area contributed by atoms with Crippen LogP contribution in [-0.2, 0) is 5.60 Å². The quantitative estimate of drug-likeness (QED) is 0.769. The van der Waals surface area contributed by atoms with Gasteiger partial charge in [-0.25, -0.2) is 0 Å². The van der Waals surface area contributed by atoms with E-state index >= 15 is 0 Å². The fourth-order valence-corrected chi connectivity index (χ4v) is 3.96. The van der Waals surface area contributed by atoms with Gasteiger partial charge in [0.1, 0.15) is 0 Å². The van der Waals surface area contributed by atoms with Gasteiger partial charge in [0.05, 0.1) is 5.60 Å². The molecule has 2 heteroatoms. The van der Waals surface area contributed by atoms with Crippen LogP contribution in [0.4, 0.5) is 0 Å². The zero-order chi connectivity index (χ0) is 12.5. The largest absolute Gasteiger partial charge is 0.384 e. The van der Waals surface area contributed by atoms with Crippen molar-refractivity contribution in [1.29, 1.82) is 0 Å². The molecular weight excluding hydrogens is 228 g/mol. The molecule has 1 aliphatic carbocycles. The Labute approximate surface area is 109 Å². The van der Waals surface area contributed by atoms with Gasteiger partial charge in [0.2, 0.25) is 0 Å². The van der Waals surface area contributed by atoms with E-state index in [1.807, 2.05) is 0 Å². The summed E-state index contributed by atoms with van der Waals surface area (Å²) in [5.74, 6) is 1.55. The number of thiophene rings is 1. The summed E-state index contributed by atoms with van der Waals surface area (Å²) in [5, 5.41) is 10.8. The van der Waals surface area contributed by atoms with Gasteiger partial charge >= 0.3 is 0 Å². The van der Waals surface area contributed by atoms with Crippen molar-refractivity contribution in [1.82, 2.24) is 0 Å². The highest BCUT2D eigenvalue weighted by atomic mass is 32.1. The van der Waals surface area contributed by atoms with Crippen molar-refractivity contribution < 1.29 is 5.11 Å². The highest BCUT2D eigenvalue weighted by molar-refractivity contribution is 7.12. The molecule has 1 aliphatic rings. The van der Waals surface area contributed by atoms with E-state index < -0.39 is 5.60 Å². The molecule has 1 fully saturated rings. The van der Waals surface area contributed by atoms with Gasteiger partial charge in [-0.3, -0.25) is 0 Å². The molecule has 0 amide bonds. The minimum Gasteiger partial charge on any atom is -0.384 e. The average molecular weight is 252 g/mol. The summed E-state index contributed by atoms with van der Waals surface area (Å²) in [6, 6.07) is 4.25. The maximum Gasteiger partial charge on any atom is 0.0988 e. The Hall–Kier alpha value is -0.340. The Morgan fingerprint density at radius 1 is 1.29 bits per heavy atom. The van der Waals surface area contributed by atoms with Gasteiger partial charge in [0.25, 0.3) is 0 Å². The predicted octanol–water partition coefficient (Wildman–Crippen LogP) is 4.48. The summed E-state index contributed by atoms with van der Waals surface area (Å²) in [5.41, 5.74) is -0.539. The van der Waals surface area contributed by atoms with Gasteiger partial charge in [0.15, 0.2) is 0 Å². The minimum atomic E-state index is -0.539. The van der Waals surface area contributed by atoms with E-state index in [1.54, 1.807) is 11.3 Å². The molecule has 1 saturated carbocycles. The van der Waals surface area contributed by atoms with Crippen LogP contribution in [0.3, 0.4) is 0 Å². The van der Waals surface area contributed by atoms with Crippen LogP contribution in [0.1, 0.15) is 55.7 Å². The summed E-state index contributed by atoms with van der Waals surface area (Å²) >= 11 is 1.76. The molecule has 2 rings (SSSR count). The Morgan fingerprint density at radius 3 is 2.65 bits per heavy atom. The first-order valence-electron chi connectivity index (χ1n) is 6.80. The van der Waals surface area contributed by atoms with Crippen LogP contribution in [0.15, 0.2) is 12.1 Å². The van der Waals surface area contributed by atoms with Crippen LogP contribution in [-0.4, -0.2) is 5.11 Å². The molecule has 0 spiro atoms. The molecule has 1 nitrogen and oxygen atoms in total. The highest BCUT2D eigenvalue weighted by Gasteiger charge is 2.34. The molecule has 0 aliphatic heterocycles. The van der Waals surface area contributed by atoms with Crippen LogP contribution in [0.5, 0.6) is 0 Å². The number of aliphatic hydroxyl groups is 1. The fourth-order valence-electron chi connectivity index (χ4n) is 2.95. The van der Waals surface area contributed by atoms with Crippen molar-refractivity contribution in [3.8, 4) is 0 Å². The Balaban J connectivity index is 2.11. The predicted molar refractivity (Wildman–Crippen MR) is 74.4 cm³/mol.